The molecule has 1 unspecified atom stereocenters. The first-order chi connectivity index (χ1) is 9.83. The topological polar surface area (TPSA) is 47.6 Å². The third-order valence-electron chi connectivity index (χ3n) is 4.71. The zero-order valence-corrected chi connectivity index (χ0v) is 11.5. The van der Waals surface area contributed by atoms with Gasteiger partial charge in [-0.25, -0.2) is 0 Å². The van der Waals surface area contributed by atoms with Gasteiger partial charge in [-0.15, -0.1) is 0 Å². The number of anilines is 1. The third-order valence-corrected chi connectivity index (χ3v) is 4.71. The summed E-state index contributed by atoms with van der Waals surface area (Å²) in [4.78, 5) is 12.4. The highest BCUT2D eigenvalue weighted by Crippen LogP contribution is 2.47. The fraction of sp³-hybridized carbons (Fsp3) is 0.562. The van der Waals surface area contributed by atoms with Gasteiger partial charge in [0, 0.05) is 11.8 Å². The third kappa shape index (κ3) is 1.86. The molecule has 3 aliphatic rings. The summed E-state index contributed by atoms with van der Waals surface area (Å²) in [5, 5.41) is 3.02. The Kier molecular flexibility index (Phi) is 2.83. The van der Waals surface area contributed by atoms with Crippen molar-refractivity contribution in [3.63, 3.8) is 0 Å². The molecule has 4 nitrogen and oxygen atoms in total. The van der Waals surface area contributed by atoms with Crippen molar-refractivity contribution in [2.24, 2.45) is 5.92 Å². The summed E-state index contributed by atoms with van der Waals surface area (Å²) >= 11 is 0. The zero-order valence-electron chi connectivity index (χ0n) is 11.5. The Balaban J connectivity index is 1.71. The van der Waals surface area contributed by atoms with E-state index in [4.69, 9.17) is 9.47 Å². The van der Waals surface area contributed by atoms with Crippen LogP contribution in [0.4, 0.5) is 5.69 Å². The standard InChI is InChI=1S/C16H19NO3/c18-16-15(10-4-2-1-3-5-10)11-8-13-14(9-12(11)17-16)20-7-6-19-13/h8-10,15H,1-7H2,(H,17,18). The van der Waals surface area contributed by atoms with Crippen molar-refractivity contribution < 1.29 is 14.3 Å². The second kappa shape index (κ2) is 4.69. The quantitative estimate of drug-likeness (QED) is 0.855. The molecule has 0 spiro atoms. The lowest BCUT2D eigenvalue weighted by Crippen LogP contribution is -2.22. The summed E-state index contributed by atoms with van der Waals surface area (Å²) in [7, 11) is 0. The van der Waals surface area contributed by atoms with Crippen LogP contribution in [0, 0.1) is 5.92 Å². The zero-order chi connectivity index (χ0) is 13.5. The van der Waals surface area contributed by atoms with Gasteiger partial charge in [0.15, 0.2) is 11.5 Å². The molecule has 106 valence electrons. The maximum absolute atomic E-state index is 12.4. The van der Waals surface area contributed by atoms with E-state index >= 15 is 0 Å². The Morgan fingerprint density at radius 1 is 1.00 bits per heavy atom. The highest BCUT2D eigenvalue weighted by atomic mass is 16.6. The second-order valence-corrected chi connectivity index (χ2v) is 5.95. The molecule has 0 saturated heterocycles. The van der Waals surface area contributed by atoms with Crippen molar-refractivity contribution >= 4 is 11.6 Å². The molecule has 4 heteroatoms. The summed E-state index contributed by atoms with van der Waals surface area (Å²) in [6.45, 7) is 1.16. The number of rotatable bonds is 1. The first kappa shape index (κ1) is 12.1. The average molecular weight is 273 g/mol. The van der Waals surface area contributed by atoms with Gasteiger partial charge in [-0.05, 0) is 30.4 Å². The van der Waals surface area contributed by atoms with Crippen molar-refractivity contribution in [3.8, 4) is 11.5 Å². The molecule has 1 aliphatic carbocycles. The Morgan fingerprint density at radius 2 is 1.70 bits per heavy atom. The Bertz CT molecular complexity index is 549. The van der Waals surface area contributed by atoms with Crippen LogP contribution < -0.4 is 14.8 Å². The summed E-state index contributed by atoms with van der Waals surface area (Å²) in [5.74, 6) is 2.16. The van der Waals surface area contributed by atoms with Crippen LogP contribution in [0.2, 0.25) is 0 Å². The molecule has 0 radical (unpaired) electrons. The van der Waals surface area contributed by atoms with Crippen molar-refractivity contribution in [1.82, 2.24) is 0 Å². The van der Waals surface area contributed by atoms with E-state index in [1.807, 2.05) is 12.1 Å². The van der Waals surface area contributed by atoms with Crippen LogP contribution in [-0.2, 0) is 4.79 Å². The molecule has 4 rings (SSSR count). The number of ether oxygens (including phenoxy) is 2. The number of amides is 1. The smallest absolute Gasteiger partial charge is 0.232 e. The minimum absolute atomic E-state index is 0.00104. The van der Waals surface area contributed by atoms with E-state index in [0.29, 0.717) is 19.1 Å². The van der Waals surface area contributed by atoms with Gasteiger partial charge in [0.05, 0.1) is 5.92 Å². The normalized spacial score (nSPS) is 25.2. The molecule has 1 atom stereocenters. The van der Waals surface area contributed by atoms with Crippen LogP contribution in [0.15, 0.2) is 12.1 Å². The van der Waals surface area contributed by atoms with Crippen LogP contribution in [0.3, 0.4) is 0 Å². The molecule has 1 N–H and O–H groups in total. The first-order valence-corrected chi connectivity index (χ1v) is 7.57. The molecule has 1 aromatic rings. The summed E-state index contributed by atoms with van der Waals surface area (Å²) in [6.07, 6.45) is 6.11. The number of fused-ring (bicyclic) bond motifs is 2. The van der Waals surface area contributed by atoms with E-state index in [1.54, 1.807) is 0 Å². The molecule has 0 aromatic heterocycles. The Morgan fingerprint density at radius 3 is 2.45 bits per heavy atom. The lowest BCUT2D eigenvalue weighted by atomic mass is 9.77. The van der Waals surface area contributed by atoms with Crippen molar-refractivity contribution in [2.45, 2.75) is 38.0 Å². The van der Waals surface area contributed by atoms with Crippen LogP contribution in [0.25, 0.3) is 0 Å². The molecule has 1 fully saturated rings. The second-order valence-electron chi connectivity index (χ2n) is 5.95. The Hall–Kier alpha value is -1.71. The lowest BCUT2D eigenvalue weighted by Gasteiger charge is -2.27. The number of carbonyl (C=O) groups is 1. The fourth-order valence-corrected chi connectivity index (χ4v) is 3.76. The SMILES string of the molecule is O=C1Nc2cc3c(cc2C1C1CCCCC1)OCCO3. The van der Waals surface area contributed by atoms with E-state index in [2.05, 4.69) is 5.32 Å². The number of benzene rings is 1. The van der Waals surface area contributed by atoms with Gasteiger partial charge >= 0.3 is 0 Å². The highest BCUT2D eigenvalue weighted by molar-refractivity contribution is 6.03. The molecular formula is C16H19NO3. The maximum atomic E-state index is 12.4. The van der Waals surface area contributed by atoms with Crippen LogP contribution in [0.1, 0.15) is 43.6 Å². The summed E-state index contributed by atoms with van der Waals surface area (Å²) in [6, 6.07) is 3.94. The van der Waals surface area contributed by atoms with Gasteiger partial charge in [-0.3, -0.25) is 4.79 Å². The predicted octanol–water partition coefficient (Wildman–Crippen LogP) is 3.07. The molecule has 2 heterocycles. The van der Waals surface area contributed by atoms with Crippen LogP contribution >= 0.6 is 0 Å². The minimum Gasteiger partial charge on any atom is -0.486 e. The number of nitrogens with one attached hydrogen (secondary N) is 1. The van der Waals surface area contributed by atoms with E-state index in [-0.39, 0.29) is 11.8 Å². The molecule has 1 aromatic carbocycles. The van der Waals surface area contributed by atoms with E-state index in [1.165, 1.54) is 19.3 Å². The van der Waals surface area contributed by atoms with Gasteiger partial charge in [-0.1, -0.05) is 19.3 Å². The number of hydrogen-bond acceptors (Lipinski definition) is 3. The van der Waals surface area contributed by atoms with Gasteiger partial charge in [-0.2, -0.15) is 0 Å². The summed E-state index contributed by atoms with van der Waals surface area (Å²) < 4.78 is 11.2. The molecule has 0 bridgehead atoms. The van der Waals surface area contributed by atoms with Crippen molar-refractivity contribution in [3.05, 3.63) is 17.7 Å². The molecule has 2 aliphatic heterocycles. The monoisotopic (exact) mass is 273 g/mol. The number of hydrogen-bond donors (Lipinski definition) is 1. The van der Waals surface area contributed by atoms with Gasteiger partial charge in [0.1, 0.15) is 13.2 Å². The van der Waals surface area contributed by atoms with Crippen LogP contribution in [0.5, 0.6) is 11.5 Å². The van der Waals surface area contributed by atoms with Gasteiger partial charge in [0.2, 0.25) is 5.91 Å². The van der Waals surface area contributed by atoms with E-state index in [0.717, 1.165) is 35.6 Å². The maximum Gasteiger partial charge on any atom is 0.232 e. The Labute approximate surface area is 118 Å². The molecule has 1 amide bonds. The summed E-state index contributed by atoms with van der Waals surface area (Å²) in [5.41, 5.74) is 2.01. The van der Waals surface area contributed by atoms with Crippen molar-refractivity contribution in [2.75, 3.05) is 18.5 Å². The predicted molar refractivity (Wildman–Crippen MR) is 75.4 cm³/mol. The number of carbonyl (C=O) groups excluding carboxylic acids is 1. The first-order valence-electron chi connectivity index (χ1n) is 7.57. The molecule has 20 heavy (non-hydrogen) atoms. The minimum atomic E-state index is 0.00104. The molecule has 1 saturated carbocycles. The average Bonchev–Trinajstić information content (AvgIpc) is 2.80. The van der Waals surface area contributed by atoms with E-state index in [9.17, 15) is 4.79 Å². The fourth-order valence-electron chi connectivity index (χ4n) is 3.76. The van der Waals surface area contributed by atoms with Gasteiger partial charge < -0.3 is 14.8 Å². The van der Waals surface area contributed by atoms with E-state index < -0.39 is 0 Å². The van der Waals surface area contributed by atoms with Crippen LogP contribution in [-0.4, -0.2) is 19.1 Å². The lowest BCUT2D eigenvalue weighted by molar-refractivity contribution is -0.118. The van der Waals surface area contributed by atoms with Crippen molar-refractivity contribution in [1.29, 1.82) is 0 Å². The largest absolute Gasteiger partial charge is 0.486 e. The molecular weight excluding hydrogens is 254 g/mol. The van der Waals surface area contributed by atoms with Gasteiger partial charge in [0.25, 0.3) is 0 Å². The highest BCUT2D eigenvalue weighted by Gasteiger charge is 2.38.